The average molecular weight is 137 g/mol. The first kappa shape index (κ1) is 9.48. The van der Waals surface area contributed by atoms with Crippen molar-refractivity contribution in [1.82, 2.24) is 0 Å². The van der Waals surface area contributed by atoms with Crippen LogP contribution in [0.2, 0.25) is 0 Å². The van der Waals surface area contributed by atoms with Crippen LogP contribution in [-0.2, 0) is 0 Å². The highest BCUT2D eigenvalue weighted by Gasteiger charge is 2.00. The fraction of sp³-hybridized carbons (Fsp3) is 0.500. The van der Waals surface area contributed by atoms with Gasteiger partial charge in [-0.15, -0.1) is 6.58 Å². The van der Waals surface area contributed by atoms with E-state index in [1.54, 1.807) is 0 Å². The van der Waals surface area contributed by atoms with Crippen LogP contribution >= 0.6 is 0 Å². The molecule has 0 N–H and O–H groups in total. The molecule has 0 aliphatic carbocycles. The van der Waals surface area contributed by atoms with Crippen LogP contribution in [-0.4, -0.2) is 0 Å². The molecular formula is C10H17. The first-order chi connectivity index (χ1) is 4.54. The first-order valence-corrected chi connectivity index (χ1v) is 3.67. The normalized spacial score (nSPS) is 12.7. The lowest BCUT2D eigenvalue weighted by Gasteiger charge is -2.09. The van der Waals surface area contributed by atoms with E-state index in [-0.39, 0.29) is 0 Å². The number of hydrogen-bond acceptors (Lipinski definition) is 0. The maximum Gasteiger partial charge on any atom is -0.0205 e. The second-order valence-corrected chi connectivity index (χ2v) is 3.04. The third kappa shape index (κ3) is 4.37. The molecule has 0 fully saturated rings. The second-order valence-electron chi connectivity index (χ2n) is 3.04. The molecule has 0 aromatic heterocycles. The smallest absolute Gasteiger partial charge is 0.0205 e. The van der Waals surface area contributed by atoms with Gasteiger partial charge in [-0.3, -0.25) is 0 Å². The van der Waals surface area contributed by atoms with Gasteiger partial charge in [0.1, 0.15) is 0 Å². The van der Waals surface area contributed by atoms with Gasteiger partial charge in [0.2, 0.25) is 0 Å². The zero-order valence-corrected chi connectivity index (χ0v) is 7.11. The van der Waals surface area contributed by atoms with Crippen molar-refractivity contribution in [3.05, 3.63) is 31.2 Å². The molecule has 0 spiro atoms. The van der Waals surface area contributed by atoms with E-state index in [4.69, 9.17) is 0 Å². The molecule has 0 heteroatoms. The van der Waals surface area contributed by atoms with Gasteiger partial charge in [-0.25, -0.2) is 0 Å². The van der Waals surface area contributed by atoms with Crippen molar-refractivity contribution < 1.29 is 0 Å². The van der Waals surface area contributed by atoms with E-state index >= 15 is 0 Å². The second kappa shape index (κ2) is 4.32. The lowest BCUT2D eigenvalue weighted by Crippen LogP contribution is -1.95. The fourth-order valence-corrected chi connectivity index (χ4v) is 0.667. The molecule has 10 heavy (non-hydrogen) atoms. The summed E-state index contributed by atoms with van der Waals surface area (Å²) in [6.45, 7) is 15.7. The molecule has 0 bridgehead atoms. The lowest BCUT2D eigenvalue weighted by atomic mass is 9.97. The maximum atomic E-state index is 3.97. The summed E-state index contributed by atoms with van der Waals surface area (Å²) in [5.74, 6) is 0.400. The van der Waals surface area contributed by atoms with E-state index < -0.39 is 0 Å². The number of hydrogen-bond donors (Lipinski definition) is 0. The highest BCUT2D eigenvalue weighted by Crippen LogP contribution is 2.15. The third-order valence-corrected chi connectivity index (χ3v) is 1.62. The molecule has 0 nitrogen and oxygen atoms in total. The Balaban J connectivity index is 3.49. The Morgan fingerprint density at radius 2 is 1.80 bits per heavy atom. The predicted octanol–water partition coefficient (Wildman–Crippen LogP) is 3.37. The Labute approximate surface area is 64.6 Å². The monoisotopic (exact) mass is 137 g/mol. The Bertz CT molecular complexity index is 131. The predicted molar refractivity (Wildman–Crippen MR) is 47.7 cm³/mol. The SMILES string of the molecule is [CH2]C(CCC(=C)C)C(=C)C. The number of rotatable bonds is 4. The summed E-state index contributed by atoms with van der Waals surface area (Å²) >= 11 is 0. The van der Waals surface area contributed by atoms with Gasteiger partial charge in [0.05, 0.1) is 0 Å². The molecule has 0 heterocycles. The van der Waals surface area contributed by atoms with Crippen LogP contribution in [0.15, 0.2) is 24.3 Å². The van der Waals surface area contributed by atoms with Crippen LogP contribution < -0.4 is 0 Å². The Kier molecular flexibility index (Phi) is 4.10. The van der Waals surface area contributed by atoms with E-state index in [0.717, 1.165) is 12.8 Å². The maximum absolute atomic E-state index is 3.97. The van der Waals surface area contributed by atoms with Gasteiger partial charge in [0.15, 0.2) is 0 Å². The summed E-state index contributed by atoms with van der Waals surface area (Å²) in [4.78, 5) is 0. The highest BCUT2D eigenvalue weighted by molar-refractivity contribution is 5.00. The first-order valence-electron chi connectivity index (χ1n) is 3.67. The minimum Gasteiger partial charge on any atom is -0.100 e. The Morgan fingerprint density at radius 1 is 1.30 bits per heavy atom. The van der Waals surface area contributed by atoms with Gasteiger partial charge in [-0.1, -0.05) is 17.7 Å². The average Bonchev–Trinajstić information content (AvgIpc) is 1.82. The van der Waals surface area contributed by atoms with E-state index in [1.807, 2.05) is 13.8 Å². The third-order valence-electron chi connectivity index (χ3n) is 1.62. The van der Waals surface area contributed by atoms with Crippen LogP contribution in [0, 0.1) is 12.8 Å². The molecule has 0 aliphatic rings. The molecule has 1 atom stereocenters. The molecular weight excluding hydrogens is 120 g/mol. The topological polar surface area (TPSA) is 0 Å². The zero-order chi connectivity index (χ0) is 8.15. The Morgan fingerprint density at radius 3 is 2.10 bits per heavy atom. The molecule has 0 saturated carbocycles. The van der Waals surface area contributed by atoms with Crippen molar-refractivity contribution in [3.8, 4) is 0 Å². The van der Waals surface area contributed by atoms with Gasteiger partial charge in [-0.2, -0.15) is 0 Å². The van der Waals surface area contributed by atoms with E-state index in [2.05, 4.69) is 20.1 Å². The molecule has 1 unspecified atom stereocenters. The zero-order valence-electron chi connectivity index (χ0n) is 7.11. The Hall–Kier alpha value is -0.520. The standard InChI is InChI=1S/C10H17/c1-8(2)6-7-10(5)9(3)4/h10H,1,3,5-7H2,2,4H3. The molecule has 0 aliphatic heterocycles. The summed E-state index contributed by atoms with van der Waals surface area (Å²) in [6, 6.07) is 0. The molecule has 0 saturated heterocycles. The van der Waals surface area contributed by atoms with Crippen LogP contribution in [0.3, 0.4) is 0 Å². The minimum absolute atomic E-state index is 0.400. The van der Waals surface area contributed by atoms with Crippen molar-refractivity contribution in [2.75, 3.05) is 0 Å². The van der Waals surface area contributed by atoms with E-state index in [1.165, 1.54) is 11.1 Å². The molecule has 0 amide bonds. The molecule has 0 aromatic carbocycles. The summed E-state index contributed by atoms with van der Waals surface area (Å²) in [7, 11) is 0. The van der Waals surface area contributed by atoms with Gasteiger partial charge < -0.3 is 0 Å². The van der Waals surface area contributed by atoms with Crippen LogP contribution in [0.25, 0.3) is 0 Å². The van der Waals surface area contributed by atoms with Gasteiger partial charge in [-0.05, 0) is 39.5 Å². The van der Waals surface area contributed by atoms with Crippen LogP contribution in [0.4, 0.5) is 0 Å². The lowest BCUT2D eigenvalue weighted by molar-refractivity contribution is 0.668. The van der Waals surface area contributed by atoms with E-state index in [0.29, 0.717) is 5.92 Å². The van der Waals surface area contributed by atoms with Gasteiger partial charge in [0.25, 0.3) is 0 Å². The molecule has 57 valence electrons. The van der Waals surface area contributed by atoms with Gasteiger partial charge >= 0.3 is 0 Å². The summed E-state index contributed by atoms with van der Waals surface area (Å²) in [6.07, 6.45) is 2.16. The van der Waals surface area contributed by atoms with Crippen molar-refractivity contribution in [1.29, 1.82) is 0 Å². The minimum atomic E-state index is 0.400. The quantitative estimate of drug-likeness (QED) is 0.521. The van der Waals surface area contributed by atoms with Crippen molar-refractivity contribution in [2.24, 2.45) is 5.92 Å². The molecule has 0 rings (SSSR count). The van der Waals surface area contributed by atoms with Crippen molar-refractivity contribution in [3.63, 3.8) is 0 Å². The van der Waals surface area contributed by atoms with E-state index in [9.17, 15) is 0 Å². The summed E-state index contributed by atoms with van der Waals surface area (Å²) in [5, 5.41) is 0. The highest BCUT2D eigenvalue weighted by atomic mass is 14.1. The fourth-order valence-electron chi connectivity index (χ4n) is 0.667. The number of allylic oxidation sites excluding steroid dienone is 2. The van der Waals surface area contributed by atoms with Crippen molar-refractivity contribution in [2.45, 2.75) is 26.7 Å². The van der Waals surface area contributed by atoms with Crippen molar-refractivity contribution >= 4 is 0 Å². The summed E-state index contributed by atoms with van der Waals surface area (Å²) < 4.78 is 0. The molecule has 0 aromatic rings. The molecule has 1 radical (unpaired) electrons. The largest absolute Gasteiger partial charge is 0.100 e. The summed E-state index contributed by atoms with van der Waals surface area (Å²) in [5.41, 5.74) is 2.40. The van der Waals surface area contributed by atoms with Gasteiger partial charge in [0, 0.05) is 0 Å². The van der Waals surface area contributed by atoms with Crippen LogP contribution in [0.5, 0.6) is 0 Å². The van der Waals surface area contributed by atoms with Crippen LogP contribution in [0.1, 0.15) is 26.7 Å².